The highest BCUT2D eigenvalue weighted by Crippen LogP contribution is 2.23. The minimum atomic E-state index is -0.00653. The lowest BCUT2D eigenvalue weighted by Gasteiger charge is -2.09. The minimum Gasteiger partial charge on any atom is -0.396 e. The zero-order valence-corrected chi connectivity index (χ0v) is 7.77. The average molecular weight is 191 g/mol. The van der Waals surface area contributed by atoms with Gasteiger partial charge in [-0.25, -0.2) is 4.98 Å². The van der Waals surface area contributed by atoms with Gasteiger partial charge in [0.15, 0.2) is 0 Å². The van der Waals surface area contributed by atoms with Crippen molar-refractivity contribution < 1.29 is 5.11 Å². The van der Waals surface area contributed by atoms with Crippen LogP contribution < -0.4 is 5.73 Å². The van der Waals surface area contributed by atoms with Crippen LogP contribution in [-0.2, 0) is 0 Å². The van der Waals surface area contributed by atoms with E-state index in [1.54, 1.807) is 6.20 Å². The van der Waals surface area contributed by atoms with Crippen LogP contribution in [0.1, 0.15) is 11.5 Å². The van der Waals surface area contributed by atoms with Crippen LogP contribution in [0.3, 0.4) is 0 Å². The van der Waals surface area contributed by atoms with Gasteiger partial charge in [0, 0.05) is 30.2 Å². The molecule has 4 nitrogen and oxygen atoms in total. The molecule has 4 heteroatoms. The molecule has 2 heterocycles. The summed E-state index contributed by atoms with van der Waals surface area (Å²) in [6, 6.07) is 3.86. The lowest BCUT2D eigenvalue weighted by Crippen LogP contribution is -2.15. The zero-order chi connectivity index (χ0) is 9.97. The van der Waals surface area contributed by atoms with Crippen LogP contribution in [-0.4, -0.2) is 28.2 Å². The summed E-state index contributed by atoms with van der Waals surface area (Å²) in [4.78, 5) is 7.23. The van der Waals surface area contributed by atoms with Crippen molar-refractivity contribution in [2.24, 2.45) is 5.73 Å². The maximum Gasteiger partial charge on any atom is 0.137 e. The van der Waals surface area contributed by atoms with Crippen LogP contribution in [0.15, 0.2) is 24.5 Å². The van der Waals surface area contributed by atoms with E-state index in [9.17, 15) is 0 Å². The molecule has 2 aromatic rings. The molecule has 0 aliphatic heterocycles. The van der Waals surface area contributed by atoms with Gasteiger partial charge in [0.05, 0.1) is 6.61 Å². The van der Waals surface area contributed by atoms with Gasteiger partial charge in [-0.05, 0) is 17.7 Å². The highest BCUT2D eigenvalue weighted by Gasteiger charge is 2.13. The number of rotatable bonds is 3. The largest absolute Gasteiger partial charge is 0.396 e. The Bertz CT molecular complexity index is 420. The molecule has 0 spiro atoms. The molecule has 74 valence electrons. The third-order valence-electron chi connectivity index (χ3n) is 2.43. The van der Waals surface area contributed by atoms with Gasteiger partial charge in [-0.2, -0.15) is 0 Å². The number of aliphatic hydroxyl groups excluding tert-OH is 1. The van der Waals surface area contributed by atoms with Gasteiger partial charge in [0.1, 0.15) is 5.65 Å². The monoisotopic (exact) mass is 191 g/mol. The summed E-state index contributed by atoms with van der Waals surface area (Å²) in [5, 5.41) is 10.2. The van der Waals surface area contributed by atoms with E-state index in [2.05, 4.69) is 9.97 Å². The fraction of sp³-hybridized carbons (Fsp3) is 0.300. The standard InChI is InChI=1S/C10H13N3O/c11-4-7(6-14)9-5-13-10-8(9)2-1-3-12-10/h1-3,5,7,14H,4,6,11H2,(H,12,13). The summed E-state index contributed by atoms with van der Waals surface area (Å²) >= 11 is 0. The molecular formula is C10H13N3O. The van der Waals surface area contributed by atoms with Crippen molar-refractivity contribution in [3.8, 4) is 0 Å². The van der Waals surface area contributed by atoms with E-state index in [4.69, 9.17) is 10.8 Å². The third-order valence-corrected chi connectivity index (χ3v) is 2.43. The lowest BCUT2D eigenvalue weighted by molar-refractivity contribution is 0.268. The molecule has 1 unspecified atom stereocenters. The van der Waals surface area contributed by atoms with Crippen molar-refractivity contribution in [3.05, 3.63) is 30.1 Å². The second kappa shape index (κ2) is 3.77. The molecule has 0 aliphatic carbocycles. The molecule has 0 aliphatic rings. The van der Waals surface area contributed by atoms with Crippen molar-refractivity contribution in [1.29, 1.82) is 0 Å². The van der Waals surface area contributed by atoms with Crippen LogP contribution in [0.2, 0.25) is 0 Å². The number of aromatic nitrogens is 2. The van der Waals surface area contributed by atoms with Gasteiger partial charge < -0.3 is 15.8 Å². The number of nitrogens with zero attached hydrogens (tertiary/aromatic N) is 1. The van der Waals surface area contributed by atoms with Gasteiger partial charge >= 0.3 is 0 Å². The number of hydrogen-bond acceptors (Lipinski definition) is 3. The normalized spacial score (nSPS) is 13.3. The number of hydrogen-bond donors (Lipinski definition) is 3. The van der Waals surface area contributed by atoms with Gasteiger partial charge in [-0.1, -0.05) is 0 Å². The van der Waals surface area contributed by atoms with Crippen LogP contribution in [0.4, 0.5) is 0 Å². The fourth-order valence-electron chi connectivity index (χ4n) is 1.61. The molecular weight excluding hydrogens is 178 g/mol. The second-order valence-electron chi connectivity index (χ2n) is 3.26. The molecule has 2 rings (SSSR count). The Morgan fingerprint density at radius 3 is 3.14 bits per heavy atom. The van der Waals surface area contributed by atoms with Gasteiger partial charge in [0.25, 0.3) is 0 Å². The Kier molecular flexibility index (Phi) is 2.47. The molecule has 0 fully saturated rings. The van der Waals surface area contributed by atoms with Gasteiger partial charge in [0.2, 0.25) is 0 Å². The van der Waals surface area contributed by atoms with Crippen LogP contribution >= 0.6 is 0 Å². The maximum atomic E-state index is 9.14. The van der Waals surface area contributed by atoms with Crippen molar-refractivity contribution in [2.75, 3.05) is 13.2 Å². The summed E-state index contributed by atoms with van der Waals surface area (Å²) < 4.78 is 0. The summed E-state index contributed by atoms with van der Waals surface area (Å²) in [5.74, 6) is -0.00653. The van der Waals surface area contributed by atoms with Gasteiger partial charge in [-0.3, -0.25) is 0 Å². The summed E-state index contributed by atoms with van der Waals surface area (Å²) in [6.07, 6.45) is 3.60. The molecule has 0 bridgehead atoms. The first kappa shape index (κ1) is 9.18. The Morgan fingerprint density at radius 1 is 1.57 bits per heavy atom. The first-order chi connectivity index (χ1) is 6.86. The number of aliphatic hydroxyl groups is 1. The van der Waals surface area contributed by atoms with E-state index < -0.39 is 0 Å². The van der Waals surface area contributed by atoms with E-state index in [1.807, 2.05) is 18.3 Å². The summed E-state index contributed by atoms with van der Waals surface area (Å²) in [6.45, 7) is 0.511. The minimum absolute atomic E-state index is 0.00653. The van der Waals surface area contributed by atoms with Crippen LogP contribution in [0.5, 0.6) is 0 Å². The Morgan fingerprint density at radius 2 is 2.43 bits per heavy atom. The molecule has 0 saturated carbocycles. The number of H-pyrrole nitrogens is 1. The number of aromatic amines is 1. The summed E-state index contributed by atoms with van der Waals surface area (Å²) in [7, 11) is 0. The number of fused-ring (bicyclic) bond motifs is 1. The summed E-state index contributed by atoms with van der Waals surface area (Å²) in [5.41, 5.74) is 7.45. The average Bonchev–Trinajstić information content (AvgIpc) is 2.65. The molecule has 0 saturated heterocycles. The molecule has 2 aromatic heterocycles. The molecule has 0 amide bonds. The predicted octanol–water partition coefficient (Wildman–Crippen LogP) is 0.597. The third kappa shape index (κ3) is 1.38. The van der Waals surface area contributed by atoms with Crippen molar-refractivity contribution >= 4 is 11.0 Å². The van der Waals surface area contributed by atoms with Crippen LogP contribution in [0, 0.1) is 0 Å². The maximum absolute atomic E-state index is 9.14. The second-order valence-corrected chi connectivity index (χ2v) is 3.26. The molecule has 14 heavy (non-hydrogen) atoms. The smallest absolute Gasteiger partial charge is 0.137 e. The molecule has 1 atom stereocenters. The van der Waals surface area contributed by atoms with E-state index in [0.29, 0.717) is 6.54 Å². The fourth-order valence-corrected chi connectivity index (χ4v) is 1.61. The first-order valence-corrected chi connectivity index (χ1v) is 4.59. The Labute approximate surface area is 81.8 Å². The van der Waals surface area contributed by atoms with Crippen molar-refractivity contribution in [3.63, 3.8) is 0 Å². The van der Waals surface area contributed by atoms with E-state index in [1.165, 1.54) is 0 Å². The Balaban J connectivity index is 2.51. The number of pyridine rings is 1. The zero-order valence-electron chi connectivity index (χ0n) is 7.77. The van der Waals surface area contributed by atoms with Crippen molar-refractivity contribution in [1.82, 2.24) is 9.97 Å². The first-order valence-electron chi connectivity index (χ1n) is 4.59. The molecule has 0 aromatic carbocycles. The van der Waals surface area contributed by atoms with Gasteiger partial charge in [-0.15, -0.1) is 0 Å². The molecule has 4 N–H and O–H groups in total. The number of nitrogens with one attached hydrogen (secondary N) is 1. The molecule has 0 radical (unpaired) electrons. The lowest BCUT2D eigenvalue weighted by atomic mass is 10.0. The topological polar surface area (TPSA) is 74.9 Å². The van der Waals surface area contributed by atoms with Crippen LogP contribution in [0.25, 0.3) is 11.0 Å². The quantitative estimate of drug-likeness (QED) is 0.665. The highest BCUT2D eigenvalue weighted by molar-refractivity contribution is 5.80. The van der Waals surface area contributed by atoms with E-state index in [-0.39, 0.29) is 12.5 Å². The van der Waals surface area contributed by atoms with E-state index in [0.717, 1.165) is 16.6 Å². The Hall–Kier alpha value is -1.39. The van der Waals surface area contributed by atoms with Crippen molar-refractivity contribution in [2.45, 2.75) is 5.92 Å². The number of nitrogens with two attached hydrogens (primary N) is 1. The van der Waals surface area contributed by atoms with E-state index >= 15 is 0 Å². The SMILES string of the molecule is NCC(CO)c1c[nH]c2ncccc12. The highest BCUT2D eigenvalue weighted by atomic mass is 16.3. The predicted molar refractivity (Wildman–Crippen MR) is 55.0 cm³/mol.